The summed E-state index contributed by atoms with van der Waals surface area (Å²) in [6.45, 7) is 8.78. The molecule has 0 aliphatic heterocycles. The van der Waals surface area contributed by atoms with E-state index in [2.05, 4.69) is 171 Å². The summed E-state index contributed by atoms with van der Waals surface area (Å²) in [5.41, 5.74) is 15.3. The molecule has 1 heteroatoms. The molecule has 0 atom stereocenters. The molecule has 1 aliphatic carbocycles. The molecule has 0 saturated carbocycles. The lowest BCUT2D eigenvalue weighted by molar-refractivity contribution is 0.660. The van der Waals surface area contributed by atoms with Crippen LogP contribution in [0.15, 0.2) is 158 Å². The Morgan fingerprint density at radius 1 is 0.511 bits per heavy atom. The second-order valence-electron chi connectivity index (χ2n) is 12.6. The summed E-state index contributed by atoms with van der Waals surface area (Å²) >= 11 is 0. The molecule has 220 valence electrons. The van der Waals surface area contributed by atoms with Gasteiger partial charge in [-0.2, -0.15) is 0 Å². The third-order valence-electron chi connectivity index (χ3n) is 9.28. The summed E-state index contributed by atoms with van der Waals surface area (Å²) in [5.74, 6) is 0. The first kappa shape index (κ1) is 28.6. The minimum absolute atomic E-state index is 0.0731. The molecule has 0 saturated heterocycles. The number of benzene rings is 6. The fourth-order valence-electron chi connectivity index (χ4n) is 6.95. The van der Waals surface area contributed by atoms with Crippen molar-refractivity contribution in [3.8, 4) is 22.3 Å². The second-order valence-corrected chi connectivity index (χ2v) is 12.6. The van der Waals surface area contributed by atoms with Gasteiger partial charge < -0.3 is 4.90 Å². The van der Waals surface area contributed by atoms with Crippen LogP contribution in [-0.2, 0) is 24.7 Å². The van der Waals surface area contributed by atoms with E-state index in [1.807, 2.05) is 6.08 Å². The summed E-state index contributed by atoms with van der Waals surface area (Å²) in [7, 11) is 0. The number of fused-ring (bicyclic) bond motifs is 3. The van der Waals surface area contributed by atoms with Gasteiger partial charge in [-0.3, -0.25) is 0 Å². The first-order valence-corrected chi connectivity index (χ1v) is 16.0. The molecule has 0 unspecified atom stereocenters. The van der Waals surface area contributed by atoms with Crippen molar-refractivity contribution in [3.05, 3.63) is 186 Å². The van der Waals surface area contributed by atoms with Crippen LogP contribution in [0.1, 0.15) is 41.7 Å². The molecule has 0 radical (unpaired) electrons. The van der Waals surface area contributed by atoms with Gasteiger partial charge >= 0.3 is 0 Å². The van der Waals surface area contributed by atoms with Crippen molar-refractivity contribution >= 4 is 17.1 Å². The van der Waals surface area contributed by atoms with E-state index in [0.717, 1.165) is 24.9 Å². The molecule has 7 rings (SSSR count). The van der Waals surface area contributed by atoms with Gasteiger partial charge in [0.05, 0.1) is 0 Å². The number of rotatable bonds is 9. The van der Waals surface area contributed by atoms with E-state index in [1.54, 1.807) is 0 Å². The maximum atomic E-state index is 4.07. The largest absolute Gasteiger partial charge is 0.310 e. The summed E-state index contributed by atoms with van der Waals surface area (Å²) in [6.07, 6.45) is 4.83. The van der Waals surface area contributed by atoms with Crippen molar-refractivity contribution in [2.24, 2.45) is 0 Å². The summed E-state index contributed by atoms with van der Waals surface area (Å²) in [6, 6.07) is 53.4. The third-order valence-corrected chi connectivity index (χ3v) is 9.28. The van der Waals surface area contributed by atoms with E-state index in [1.165, 1.54) is 61.4 Å². The number of allylic oxidation sites excluding steroid dienone is 1. The predicted octanol–water partition coefficient (Wildman–Crippen LogP) is 11.6. The standard InChI is InChI=1S/C44H39N/c1-4-13-33-28-34(21-20-32-14-7-5-8-15-32)30-39(29-33)45(37-24-22-36(23-25-37)35-16-9-6-10-17-35)38-26-27-41-40-18-11-12-19-42(40)44(2,3)43(41)31-38/h4-12,14-19,22-31H,1,13,20-21H2,2-3H3. The highest BCUT2D eigenvalue weighted by Crippen LogP contribution is 2.50. The van der Waals surface area contributed by atoms with E-state index < -0.39 is 0 Å². The molecule has 45 heavy (non-hydrogen) atoms. The maximum Gasteiger partial charge on any atom is 0.0467 e. The lowest BCUT2D eigenvalue weighted by Gasteiger charge is -2.29. The number of aryl methyl sites for hydroxylation is 2. The monoisotopic (exact) mass is 581 g/mol. The Hall–Kier alpha value is -5.14. The Morgan fingerprint density at radius 2 is 1.11 bits per heavy atom. The van der Waals surface area contributed by atoms with Crippen molar-refractivity contribution in [3.63, 3.8) is 0 Å². The van der Waals surface area contributed by atoms with Crippen LogP contribution >= 0.6 is 0 Å². The van der Waals surface area contributed by atoms with Gasteiger partial charge in [0.2, 0.25) is 0 Å². The van der Waals surface area contributed by atoms with Gasteiger partial charge in [0.15, 0.2) is 0 Å². The maximum absolute atomic E-state index is 4.07. The highest BCUT2D eigenvalue weighted by Gasteiger charge is 2.35. The Bertz CT molecular complexity index is 1950. The fraction of sp³-hybridized carbons (Fsp3) is 0.136. The summed E-state index contributed by atoms with van der Waals surface area (Å²) < 4.78 is 0. The number of hydrogen-bond donors (Lipinski definition) is 0. The van der Waals surface area contributed by atoms with Crippen molar-refractivity contribution in [2.75, 3.05) is 4.90 Å². The van der Waals surface area contributed by atoms with E-state index in [9.17, 15) is 0 Å². The molecule has 0 amide bonds. The molecule has 0 heterocycles. The lowest BCUT2D eigenvalue weighted by Crippen LogP contribution is -2.16. The van der Waals surface area contributed by atoms with Gasteiger partial charge in [0.1, 0.15) is 0 Å². The quantitative estimate of drug-likeness (QED) is 0.154. The summed E-state index contributed by atoms with van der Waals surface area (Å²) in [5, 5.41) is 0. The molecule has 1 aliphatic rings. The van der Waals surface area contributed by atoms with Gasteiger partial charge in [-0.15, -0.1) is 6.58 Å². The van der Waals surface area contributed by atoms with E-state index >= 15 is 0 Å². The number of hydrogen-bond acceptors (Lipinski definition) is 1. The second kappa shape index (κ2) is 12.1. The molecular weight excluding hydrogens is 542 g/mol. The first-order chi connectivity index (χ1) is 22.0. The normalized spacial score (nSPS) is 12.8. The SMILES string of the molecule is C=CCc1cc(CCc2ccccc2)cc(N(c2ccc(-c3ccccc3)cc2)c2ccc3c(c2)C(C)(C)c2ccccc2-3)c1. The topological polar surface area (TPSA) is 3.24 Å². The zero-order valence-electron chi connectivity index (χ0n) is 26.2. The minimum atomic E-state index is -0.0731. The highest BCUT2D eigenvalue weighted by atomic mass is 15.1. The molecule has 0 bridgehead atoms. The van der Waals surface area contributed by atoms with Crippen LogP contribution in [0, 0.1) is 0 Å². The van der Waals surface area contributed by atoms with Gasteiger partial charge in [0.25, 0.3) is 0 Å². The van der Waals surface area contributed by atoms with Gasteiger partial charge in [-0.05, 0) is 106 Å². The molecular formula is C44H39N. The van der Waals surface area contributed by atoms with Crippen molar-refractivity contribution in [1.82, 2.24) is 0 Å². The number of nitrogens with zero attached hydrogens (tertiary/aromatic N) is 1. The van der Waals surface area contributed by atoms with Crippen LogP contribution in [0.4, 0.5) is 17.1 Å². The average Bonchev–Trinajstić information content (AvgIpc) is 3.31. The summed E-state index contributed by atoms with van der Waals surface area (Å²) in [4.78, 5) is 2.44. The molecule has 0 N–H and O–H groups in total. The number of anilines is 3. The van der Waals surface area contributed by atoms with Crippen LogP contribution in [0.25, 0.3) is 22.3 Å². The zero-order valence-corrected chi connectivity index (χ0v) is 26.2. The fourth-order valence-corrected chi connectivity index (χ4v) is 6.95. The molecule has 1 nitrogen and oxygen atoms in total. The average molecular weight is 582 g/mol. The lowest BCUT2D eigenvalue weighted by atomic mass is 9.82. The van der Waals surface area contributed by atoms with Crippen molar-refractivity contribution in [2.45, 2.75) is 38.5 Å². The van der Waals surface area contributed by atoms with Gasteiger partial charge in [-0.25, -0.2) is 0 Å². The molecule has 6 aromatic rings. The Labute approximate surface area is 268 Å². The Balaban J connectivity index is 1.35. The van der Waals surface area contributed by atoms with Crippen molar-refractivity contribution in [1.29, 1.82) is 0 Å². The highest BCUT2D eigenvalue weighted by molar-refractivity contribution is 5.86. The van der Waals surface area contributed by atoms with Crippen LogP contribution in [-0.4, -0.2) is 0 Å². The molecule has 0 fully saturated rings. The predicted molar refractivity (Wildman–Crippen MR) is 192 cm³/mol. The third kappa shape index (κ3) is 5.63. The zero-order chi connectivity index (χ0) is 30.8. The van der Waals surface area contributed by atoms with Crippen LogP contribution in [0.2, 0.25) is 0 Å². The van der Waals surface area contributed by atoms with Crippen molar-refractivity contribution < 1.29 is 0 Å². The minimum Gasteiger partial charge on any atom is -0.310 e. The molecule has 0 aromatic heterocycles. The van der Waals surface area contributed by atoms with Gasteiger partial charge in [-0.1, -0.05) is 129 Å². The van der Waals surface area contributed by atoms with Crippen LogP contribution in [0.3, 0.4) is 0 Å². The van der Waals surface area contributed by atoms with E-state index in [4.69, 9.17) is 0 Å². The van der Waals surface area contributed by atoms with E-state index in [0.29, 0.717) is 0 Å². The van der Waals surface area contributed by atoms with Gasteiger partial charge in [0, 0.05) is 22.5 Å². The smallest absolute Gasteiger partial charge is 0.0467 e. The molecule has 0 spiro atoms. The Kier molecular flexibility index (Phi) is 7.69. The first-order valence-electron chi connectivity index (χ1n) is 16.0. The Morgan fingerprint density at radius 3 is 1.87 bits per heavy atom. The van der Waals surface area contributed by atoms with Crippen LogP contribution < -0.4 is 4.90 Å². The van der Waals surface area contributed by atoms with Crippen LogP contribution in [0.5, 0.6) is 0 Å². The van der Waals surface area contributed by atoms with E-state index in [-0.39, 0.29) is 5.41 Å². The molecule has 6 aromatic carbocycles.